The van der Waals surface area contributed by atoms with Gasteiger partial charge in [0.2, 0.25) is 0 Å². The van der Waals surface area contributed by atoms with Gasteiger partial charge in [0.25, 0.3) is 5.91 Å². The first kappa shape index (κ1) is 12.4. The molecular formula is C13H14N2O3. The Labute approximate surface area is 105 Å². The van der Waals surface area contributed by atoms with Crippen molar-refractivity contribution in [3.05, 3.63) is 30.3 Å². The maximum absolute atomic E-state index is 12.2. The molecule has 5 heteroatoms. The van der Waals surface area contributed by atoms with Crippen molar-refractivity contribution >= 4 is 23.1 Å². The fourth-order valence-corrected chi connectivity index (χ4v) is 1.92. The highest BCUT2D eigenvalue weighted by molar-refractivity contribution is 6.22. The van der Waals surface area contributed by atoms with Gasteiger partial charge in [0, 0.05) is 6.42 Å². The minimum Gasteiger partial charge on any atom is -0.374 e. The molecule has 18 heavy (non-hydrogen) atoms. The van der Waals surface area contributed by atoms with Gasteiger partial charge in [0.1, 0.15) is 5.78 Å². The highest BCUT2D eigenvalue weighted by atomic mass is 16.3. The average Bonchev–Trinajstić information content (AvgIpc) is 2.54. The van der Waals surface area contributed by atoms with Crippen LogP contribution in [0.5, 0.6) is 0 Å². The van der Waals surface area contributed by atoms with E-state index in [1.54, 1.807) is 31.2 Å². The molecule has 1 aliphatic rings. The lowest BCUT2D eigenvalue weighted by molar-refractivity contribution is -0.134. The number of para-hydroxylation sites is 1. The molecule has 2 rings (SSSR count). The highest BCUT2D eigenvalue weighted by Crippen LogP contribution is 2.28. The molecule has 1 heterocycles. The lowest BCUT2D eigenvalue weighted by Crippen LogP contribution is -2.47. The Kier molecular flexibility index (Phi) is 3.00. The number of nitrogens with zero attached hydrogens (tertiary/aromatic N) is 2. The fourth-order valence-electron chi connectivity index (χ4n) is 1.92. The van der Waals surface area contributed by atoms with E-state index in [1.807, 2.05) is 6.07 Å². The van der Waals surface area contributed by atoms with Crippen LogP contribution in [0.15, 0.2) is 35.4 Å². The molecule has 1 aromatic carbocycles. The molecule has 1 atom stereocenters. The van der Waals surface area contributed by atoms with Crippen LogP contribution in [-0.2, 0) is 9.59 Å². The SMILES string of the molecule is CC(=O)CC1(O)C(=O)N(c2ccccc2)N=C1C. The van der Waals surface area contributed by atoms with Crippen molar-refractivity contribution < 1.29 is 14.7 Å². The molecule has 0 saturated carbocycles. The number of amides is 1. The number of hydrogen-bond acceptors (Lipinski definition) is 4. The number of benzene rings is 1. The van der Waals surface area contributed by atoms with E-state index in [1.165, 1.54) is 6.92 Å². The molecule has 0 radical (unpaired) electrons. The number of hydrogen-bond donors (Lipinski definition) is 1. The van der Waals surface area contributed by atoms with Gasteiger partial charge < -0.3 is 5.11 Å². The van der Waals surface area contributed by atoms with Gasteiger partial charge in [-0.05, 0) is 26.0 Å². The van der Waals surface area contributed by atoms with Crippen molar-refractivity contribution in [3.8, 4) is 0 Å². The van der Waals surface area contributed by atoms with E-state index >= 15 is 0 Å². The normalized spacial score (nSPS) is 23.2. The highest BCUT2D eigenvalue weighted by Gasteiger charge is 2.48. The monoisotopic (exact) mass is 246 g/mol. The summed E-state index contributed by atoms with van der Waals surface area (Å²) < 4.78 is 0. The number of anilines is 1. The molecule has 0 aliphatic carbocycles. The van der Waals surface area contributed by atoms with Crippen molar-refractivity contribution in [2.75, 3.05) is 5.01 Å². The number of carbonyl (C=O) groups is 2. The first-order valence-electron chi connectivity index (χ1n) is 5.62. The number of aliphatic hydroxyl groups is 1. The van der Waals surface area contributed by atoms with Crippen LogP contribution in [0.3, 0.4) is 0 Å². The Bertz CT molecular complexity index is 524. The molecule has 0 aromatic heterocycles. The van der Waals surface area contributed by atoms with E-state index in [9.17, 15) is 14.7 Å². The molecule has 0 bridgehead atoms. The molecule has 5 nitrogen and oxygen atoms in total. The zero-order valence-corrected chi connectivity index (χ0v) is 10.3. The quantitative estimate of drug-likeness (QED) is 0.868. The van der Waals surface area contributed by atoms with E-state index in [4.69, 9.17) is 0 Å². The number of rotatable bonds is 3. The predicted molar refractivity (Wildman–Crippen MR) is 67.3 cm³/mol. The van der Waals surface area contributed by atoms with Crippen molar-refractivity contribution in [2.24, 2.45) is 5.10 Å². The third-order valence-corrected chi connectivity index (χ3v) is 2.90. The molecule has 94 valence electrons. The van der Waals surface area contributed by atoms with Crippen molar-refractivity contribution in [2.45, 2.75) is 25.9 Å². The van der Waals surface area contributed by atoms with Gasteiger partial charge in [-0.3, -0.25) is 9.59 Å². The van der Waals surface area contributed by atoms with Crippen molar-refractivity contribution in [1.82, 2.24) is 0 Å². The third kappa shape index (κ3) is 1.93. The van der Waals surface area contributed by atoms with E-state index in [-0.39, 0.29) is 17.9 Å². The molecule has 1 amide bonds. The Morgan fingerprint density at radius 3 is 2.56 bits per heavy atom. The van der Waals surface area contributed by atoms with E-state index in [0.717, 1.165) is 5.01 Å². The molecule has 0 saturated heterocycles. The number of ketones is 1. The largest absolute Gasteiger partial charge is 0.374 e. The lowest BCUT2D eigenvalue weighted by atomic mass is 9.92. The minimum absolute atomic E-state index is 0.242. The zero-order chi connectivity index (χ0) is 13.3. The molecule has 1 aliphatic heterocycles. The van der Waals surface area contributed by atoms with Crippen LogP contribution in [0.4, 0.5) is 5.69 Å². The van der Waals surface area contributed by atoms with Crippen LogP contribution in [0.2, 0.25) is 0 Å². The van der Waals surface area contributed by atoms with Gasteiger partial charge in [0.05, 0.1) is 11.4 Å². The first-order chi connectivity index (χ1) is 8.45. The van der Waals surface area contributed by atoms with Crippen molar-refractivity contribution in [3.63, 3.8) is 0 Å². The second kappa shape index (κ2) is 4.34. The summed E-state index contributed by atoms with van der Waals surface area (Å²) in [7, 11) is 0. The van der Waals surface area contributed by atoms with Gasteiger partial charge >= 0.3 is 0 Å². The van der Waals surface area contributed by atoms with Gasteiger partial charge in [-0.25, -0.2) is 0 Å². The third-order valence-electron chi connectivity index (χ3n) is 2.90. The summed E-state index contributed by atoms with van der Waals surface area (Å²) in [6, 6.07) is 8.80. The molecule has 1 N–H and O–H groups in total. The fraction of sp³-hybridized carbons (Fsp3) is 0.308. The number of Topliss-reactive ketones (excluding diaryl/α,β-unsaturated/α-hetero) is 1. The standard InChI is InChI=1S/C13H14N2O3/c1-9(16)8-13(18)10(2)14-15(12(13)17)11-6-4-3-5-7-11/h3-7,18H,8H2,1-2H3. The Morgan fingerprint density at radius 2 is 2.00 bits per heavy atom. The lowest BCUT2D eigenvalue weighted by Gasteiger charge is -2.20. The number of hydrazone groups is 1. The van der Waals surface area contributed by atoms with Crippen LogP contribution in [-0.4, -0.2) is 28.1 Å². The van der Waals surface area contributed by atoms with E-state index < -0.39 is 11.5 Å². The molecular weight excluding hydrogens is 232 g/mol. The Morgan fingerprint density at radius 1 is 1.39 bits per heavy atom. The maximum atomic E-state index is 12.2. The minimum atomic E-state index is -1.80. The molecule has 0 fully saturated rings. The van der Waals surface area contributed by atoms with Crippen LogP contribution >= 0.6 is 0 Å². The van der Waals surface area contributed by atoms with Crippen LogP contribution < -0.4 is 5.01 Å². The predicted octanol–water partition coefficient (Wildman–Crippen LogP) is 1.12. The topological polar surface area (TPSA) is 70.0 Å². The van der Waals surface area contributed by atoms with Gasteiger partial charge in [-0.15, -0.1) is 0 Å². The average molecular weight is 246 g/mol. The summed E-state index contributed by atoms with van der Waals surface area (Å²) in [5.41, 5.74) is -0.991. The van der Waals surface area contributed by atoms with Crippen LogP contribution in [0, 0.1) is 0 Å². The Hall–Kier alpha value is -2.01. The summed E-state index contributed by atoms with van der Waals surface area (Å²) >= 11 is 0. The number of carbonyl (C=O) groups excluding carboxylic acids is 2. The second-order valence-electron chi connectivity index (χ2n) is 4.38. The van der Waals surface area contributed by atoms with Gasteiger partial charge in [0.15, 0.2) is 5.60 Å². The van der Waals surface area contributed by atoms with Gasteiger partial charge in [-0.1, -0.05) is 18.2 Å². The maximum Gasteiger partial charge on any atom is 0.285 e. The van der Waals surface area contributed by atoms with Gasteiger partial charge in [-0.2, -0.15) is 10.1 Å². The summed E-state index contributed by atoms with van der Waals surface area (Å²) in [5.74, 6) is -0.836. The van der Waals surface area contributed by atoms with E-state index in [2.05, 4.69) is 5.10 Å². The second-order valence-corrected chi connectivity index (χ2v) is 4.38. The van der Waals surface area contributed by atoms with Crippen LogP contribution in [0.1, 0.15) is 20.3 Å². The smallest absolute Gasteiger partial charge is 0.285 e. The zero-order valence-electron chi connectivity index (χ0n) is 10.3. The first-order valence-corrected chi connectivity index (χ1v) is 5.62. The summed E-state index contributed by atoms with van der Waals surface area (Å²) in [6.45, 7) is 2.88. The molecule has 1 aromatic rings. The van der Waals surface area contributed by atoms with Crippen molar-refractivity contribution in [1.29, 1.82) is 0 Å². The molecule has 1 unspecified atom stereocenters. The molecule has 0 spiro atoms. The Balaban J connectivity index is 2.35. The summed E-state index contributed by atoms with van der Waals surface area (Å²) in [5, 5.41) is 15.5. The van der Waals surface area contributed by atoms with Crippen LogP contribution in [0.25, 0.3) is 0 Å². The summed E-state index contributed by atoms with van der Waals surface area (Å²) in [6.07, 6.45) is -0.246. The van der Waals surface area contributed by atoms with E-state index in [0.29, 0.717) is 5.69 Å². The summed E-state index contributed by atoms with van der Waals surface area (Å²) in [4.78, 5) is 23.3.